The second kappa shape index (κ2) is 2.60. The van der Waals surface area contributed by atoms with E-state index >= 15 is 0 Å². The Labute approximate surface area is 73.4 Å². The van der Waals surface area contributed by atoms with E-state index in [1.54, 1.807) is 0 Å². The topological polar surface area (TPSA) is 12.5 Å². The molecule has 0 aromatic heterocycles. The predicted octanol–water partition coefficient (Wildman–Crippen LogP) is 2.36. The fraction of sp³-hybridized carbons (Fsp3) is 0.455. The summed E-state index contributed by atoms with van der Waals surface area (Å²) >= 11 is 0. The second-order valence-electron chi connectivity index (χ2n) is 3.91. The van der Waals surface area contributed by atoms with Crippen molar-refractivity contribution >= 4 is 0 Å². The maximum Gasteiger partial charge on any atom is 0.0900 e. The van der Waals surface area contributed by atoms with Gasteiger partial charge in [-0.15, -0.1) is 0 Å². The van der Waals surface area contributed by atoms with Crippen molar-refractivity contribution < 1.29 is 4.74 Å². The number of hydrogen-bond acceptors (Lipinski definition) is 1. The first-order chi connectivity index (χ1) is 5.71. The molecule has 1 atom stereocenters. The molecular formula is C11H14O. The molecule has 1 aliphatic heterocycles. The molecule has 2 rings (SSSR count). The third kappa shape index (κ3) is 1.25. The average Bonchev–Trinajstić information content (AvgIpc) is 2.88. The first-order valence-corrected chi connectivity index (χ1v) is 4.38. The van der Waals surface area contributed by atoms with Gasteiger partial charge in [-0.05, 0) is 5.56 Å². The highest BCUT2D eigenvalue weighted by atomic mass is 16.6. The van der Waals surface area contributed by atoms with Gasteiger partial charge in [0.05, 0.1) is 12.7 Å². The second-order valence-corrected chi connectivity index (χ2v) is 3.91. The van der Waals surface area contributed by atoms with Gasteiger partial charge in [0.25, 0.3) is 0 Å². The van der Waals surface area contributed by atoms with E-state index in [0.717, 1.165) is 6.61 Å². The summed E-state index contributed by atoms with van der Waals surface area (Å²) < 4.78 is 5.33. The Kier molecular flexibility index (Phi) is 1.69. The van der Waals surface area contributed by atoms with E-state index in [2.05, 4.69) is 38.1 Å². The molecule has 1 heterocycles. The molecule has 1 heteroatoms. The van der Waals surface area contributed by atoms with E-state index in [1.807, 2.05) is 6.07 Å². The first kappa shape index (κ1) is 7.81. The largest absolute Gasteiger partial charge is 0.372 e. The number of rotatable bonds is 2. The highest BCUT2D eigenvalue weighted by Gasteiger charge is 2.40. The highest BCUT2D eigenvalue weighted by Crippen LogP contribution is 2.35. The molecule has 0 saturated carbocycles. The van der Waals surface area contributed by atoms with E-state index in [9.17, 15) is 0 Å². The van der Waals surface area contributed by atoms with Crippen molar-refractivity contribution in [1.29, 1.82) is 0 Å². The van der Waals surface area contributed by atoms with Gasteiger partial charge in [0.2, 0.25) is 0 Å². The molecule has 1 aliphatic rings. The Balaban J connectivity index is 2.28. The Morgan fingerprint density at radius 1 is 1.25 bits per heavy atom. The molecule has 0 spiro atoms. The number of hydrogen-bond donors (Lipinski definition) is 0. The third-order valence-corrected chi connectivity index (χ3v) is 2.66. The number of epoxide rings is 1. The van der Waals surface area contributed by atoms with Crippen LogP contribution in [0.15, 0.2) is 30.3 Å². The Morgan fingerprint density at radius 3 is 2.33 bits per heavy atom. The minimum Gasteiger partial charge on any atom is -0.372 e. The van der Waals surface area contributed by atoms with Crippen molar-refractivity contribution in [3.63, 3.8) is 0 Å². The molecule has 0 bridgehead atoms. The normalized spacial score (nSPS) is 22.3. The van der Waals surface area contributed by atoms with Crippen LogP contribution in [0.25, 0.3) is 0 Å². The highest BCUT2D eigenvalue weighted by molar-refractivity contribution is 5.26. The lowest BCUT2D eigenvalue weighted by Crippen LogP contribution is -2.24. The maximum absolute atomic E-state index is 5.33. The van der Waals surface area contributed by atoms with Crippen LogP contribution in [-0.4, -0.2) is 12.7 Å². The summed E-state index contributed by atoms with van der Waals surface area (Å²) in [5.74, 6) is 0. The zero-order valence-corrected chi connectivity index (χ0v) is 7.58. The minimum absolute atomic E-state index is 0.182. The van der Waals surface area contributed by atoms with Gasteiger partial charge in [-0.25, -0.2) is 0 Å². The SMILES string of the molecule is CC(C)(c1ccccc1)[C@@H]1CO1. The number of benzene rings is 1. The van der Waals surface area contributed by atoms with Gasteiger partial charge >= 0.3 is 0 Å². The van der Waals surface area contributed by atoms with Crippen molar-refractivity contribution in [2.75, 3.05) is 6.61 Å². The summed E-state index contributed by atoms with van der Waals surface area (Å²) in [5.41, 5.74) is 1.55. The van der Waals surface area contributed by atoms with E-state index < -0.39 is 0 Å². The van der Waals surface area contributed by atoms with Crippen LogP contribution in [-0.2, 0) is 10.2 Å². The van der Waals surface area contributed by atoms with Crippen molar-refractivity contribution in [2.24, 2.45) is 0 Å². The van der Waals surface area contributed by atoms with Gasteiger partial charge in [0.15, 0.2) is 0 Å². The molecule has 1 fully saturated rings. The third-order valence-electron chi connectivity index (χ3n) is 2.66. The lowest BCUT2D eigenvalue weighted by atomic mass is 9.82. The van der Waals surface area contributed by atoms with Crippen LogP contribution in [0.2, 0.25) is 0 Å². The summed E-state index contributed by atoms with van der Waals surface area (Å²) in [4.78, 5) is 0. The van der Waals surface area contributed by atoms with Crippen LogP contribution in [0.4, 0.5) is 0 Å². The van der Waals surface area contributed by atoms with Gasteiger partial charge in [0, 0.05) is 5.41 Å². The molecule has 0 radical (unpaired) electrons. The molecule has 0 aliphatic carbocycles. The van der Waals surface area contributed by atoms with Crippen molar-refractivity contribution in [2.45, 2.75) is 25.4 Å². The van der Waals surface area contributed by atoms with Crippen LogP contribution in [0.1, 0.15) is 19.4 Å². The summed E-state index contributed by atoms with van der Waals surface area (Å²) in [6.45, 7) is 5.39. The van der Waals surface area contributed by atoms with Gasteiger partial charge < -0.3 is 4.74 Å². The lowest BCUT2D eigenvalue weighted by Gasteiger charge is -2.22. The minimum atomic E-state index is 0.182. The standard InChI is InChI=1S/C11H14O/c1-11(2,10-8-12-10)9-6-4-3-5-7-9/h3-7,10H,8H2,1-2H3/t10-/m0/s1. The monoisotopic (exact) mass is 162 g/mol. The summed E-state index contributed by atoms with van der Waals surface area (Å²) in [5, 5.41) is 0. The average molecular weight is 162 g/mol. The Hall–Kier alpha value is -0.820. The zero-order chi connectivity index (χ0) is 8.60. The molecule has 1 aromatic rings. The van der Waals surface area contributed by atoms with E-state index in [0.29, 0.717) is 6.10 Å². The van der Waals surface area contributed by atoms with Gasteiger partial charge in [-0.2, -0.15) is 0 Å². The van der Waals surface area contributed by atoms with Crippen LogP contribution in [0.5, 0.6) is 0 Å². The molecule has 0 amide bonds. The first-order valence-electron chi connectivity index (χ1n) is 4.38. The Bertz CT molecular complexity index is 260. The van der Waals surface area contributed by atoms with Crippen molar-refractivity contribution in [3.05, 3.63) is 35.9 Å². The lowest BCUT2D eigenvalue weighted by molar-refractivity contribution is 0.319. The van der Waals surface area contributed by atoms with Crippen molar-refractivity contribution in [1.82, 2.24) is 0 Å². The summed E-state index contributed by atoms with van der Waals surface area (Å²) in [6, 6.07) is 10.6. The summed E-state index contributed by atoms with van der Waals surface area (Å²) in [7, 11) is 0. The molecule has 64 valence electrons. The van der Waals surface area contributed by atoms with E-state index in [4.69, 9.17) is 4.74 Å². The smallest absolute Gasteiger partial charge is 0.0900 e. The number of ether oxygens (including phenoxy) is 1. The molecular weight excluding hydrogens is 148 g/mol. The van der Waals surface area contributed by atoms with E-state index in [-0.39, 0.29) is 5.41 Å². The van der Waals surface area contributed by atoms with Gasteiger partial charge in [-0.3, -0.25) is 0 Å². The van der Waals surface area contributed by atoms with Crippen LogP contribution in [0.3, 0.4) is 0 Å². The zero-order valence-electron chi connectivity index (χ0n) is 7.58. The summed E-state index contributed by atoms with van der Waals surface area (Å²) in [6.07, 6.45) is 0.430. The molecule has 1 nitrogen and oxygen atoms in total. The van der Waals surface area contributed by atoms with Crippen molar-refractivity contribution in [3.8, 4) is 0 Å². The predicted molar refractivity (Wildman–Crippen MR) is 49.2 cm³/mol. The quantitative estimate of drug-likeness (QED) is 0.608. The van der Waals surface area contributed by atoms with Gasteiger partial charge in [-0.1, -0.05) is 44.2 Å². The van der Waals surface area contributed by atoms with Crippen LogP contribution in [0, 0.1) is 0 Å². The fourth-order valence-electron chi connectivity index (χ4n) is 1.52. The molecule has 0 unspecified atom stereocenters. The van der Waals surface area contributed by atoms with E-state index in [1.165, 1.54) is 5.56 Å². The fourth-order valence-corrected chi connectivity index (χ4v) is 1.52. The molecule has 1 saturated heterocycles. The molecule has 1 aromatic carbocycles. The van der Waals surface area contributed by atoms with Crippen LogP contribution >= 0.6 is 0 Å². The molecule has 12 heavy (non-hydrogen) atoms. The van der Waals surface area contributed by atoms with Gasteiger partial charge in [0.1, 0.15) is 0 Å². The molecule has 0 N–H and O–H groups in total. The Morgan fingerprint density at radius 2 is 1.83 bits per heavy atom. The van der Waals surface area contributed by atoms with Crippen LogP contribution < -0.4 is 0 Å². The maximum atomic E-state index is 5.33.